The van der Waals surface area contributed by atoms with E-state index in [0.717, 1.165) is 18.3 Å². The molecule has 0 aliphatic carbocycles. The Labute approximate surface area is 143 Å². The number of ether oxygens (including phenoxy) is 1. The summed E-state index contributed by atoms with van der Waals surface area (Å²) in [5, 5.41) is 7.15. The summed E-state index contributed by atoms with van der Waals surface area (Å²) in [5.41, 5.74) is 0. The first kappa shape index (κ1) is 19.3. The van der Waals surface area contributed by atoms with Crippen molar-refractivity contribution in [1.82, 2.24) is 10.6 Å². The molecule has 1 rings (SSSR count). The van der Waals surface area contributed by atoms with Gasteiger partial charge in [-0.15, -0.1) is 24.0 Å². The third kappa shape index (κ3) is 8.47. The van der Waals surface area contributed by atoms with Gasteiger partial charge in [-0.25, -0.2) is 4.99 Å². The molecular weight excluding hydrogens is 389 g/mol. The molecule has 1 aromatic carbocycles. The van der Waals surface area contributed by atoms with Gasteiger partial charge in [0.1, 0.15) is 12.4 Å². The molecule has 2 N–H and O–H groups in total. The van der Waals surface area contributed by atoms with Crippen LogP contribution in [0.2, 0.25) is 5.02 Å². The van der Waals surface area contributed by atoms with Gasteiger partial charge >= 0.3 is 0 Å². The van der Waals surface area contributed by atoms with E-state index in [2.05, 4.69) is 29.5 Å². The summed E-state index contributed by atoms with van der Waals surface area (Å²) in [7, 11) is 0. The van der Waals surface area contributed by atoms with Crippen LogP contribution in [0, 0.1) is 0 Å². The molecule has 114 valence electrons. The molecule has 0 aliphatic rings. The lowest BCUT2D eigenvalue weighted by Gasteiger charge is -2.14. The molecule has 0 heterocycles. The van der Waals surface area contributed by atoms with Crippen LogP contribution in [0.3, 0.4) is 0 Å². The van der Waals surface area contributed by atoms with Gasteiger partial charge in [-0.05, 0) is 45.0 Å². The minimum atomic E-state index is 0. The maximum absolute atomic E-state index is 5.80. The maximum atomic E-state index is 5.80. The molecule has 0 aromatic heterocycles. The topological polar surface area (TPSA) is 45.7 Å². The molecule has 0 aliphatic heterocycles. The normalized spacial score (nSPS) is 10.9. The molecule has 20 heavy (non-hydrogen) atoms. The molecule has 0 saturated carbocycles. The van der Waals surface area contributed by atoms with Crippen molar-refractivity contribution in [3.05, 3.63) is 29.3 Å². The van der Waals surface area contributed by atoms with Gasteiger partial charge in [-0.2, -0.15) is 0 Å². The number of aliphatic imine (C=N–C) groups is 1. The van der Waals surface area contributed by atoms with Crippen molar-refractivity contribution in [1.29, 1.82) is 0 Å². The Hall–Kier alpha value is -0.690. The third-order valence-corrected chi connectivity index (χ3v) is 2.47. The van der Waals surface area contributed by atoms with Crippen LogP contribution >= 0.6 is 35.6 Å². The fourth-order valence-corrected chi connectivity index (χ4v) is 1.57. The van der Waals surface area contributed by atoms with Gasteiger partial charge in [0, 0.05) is 17.6 Å². The molecule has 0 atom stereocenters. The number of hydrogen-bond acceptors (Lipinski definition) is 2. The standard InChI is InChI=1S/C14H22ClN3O.HI/c1-4-16-14(18-11(2)3)17-9-10-19-13-7-5-12(15)6-8-13;/h5-8,11H,4,9-10H2,1-3H3,(H2,16,17,18);1H. The molecule has 6 heteroatoms. The number of guanidine groups is 1. The molecule has 0 amide bonds. The van der Waals surface area contributed by atoms with Gasteiger partial charge in [0.05, 0.1) is 6.54 Å². The minimum absolute atomic E-state index is 0. The number of hydrogen-bond donors (Lipinski definition) is 2. The first-order valence-corrected chi connectivity index (χ1v) is 6.92. The molecule has 0 spiro atoms. The van der Waals surface area contributed by atoms with Crippen LogP contribution in [0.25, 0.3) is 0 Å². The Morgan fingerprint density at radius 1 is 1.30 bits per heavy atom. The van der Waals surface area contributed by atoms with E-state index >= 15 is 0 Å². The number of nitrogens with one attached hydrogen (secondary N) is 2. The fourth-order valence-electron chi connectivity index (χ4n) is 1.45. The van der Waals surface area contributed by atoms with E-state index in [1.165, 1.54) is 0 Å². The largest absolute Gasteiger partial charge is 0.492 e. The predicted molar refractivity (Wildman–Crippen MR) is 96.6 cm³/mol. The lowest BCUT2D eigenvalue weighted by Crippen LogP contribution is -2.41. The van der Waals surface area contributed by atoms with Crippen LogP contribution in [-0.4, -0.2) is 31.7 Å². The molecule has 0 unspecified atom stereocenters. The fraction of sp³-hybridized carbons (Fsp3) is 0.500. The summed E-state index contributed by atoms with van der Waals surface area (Å²) < 4.78 is 5.57. The molecule has 0 radical (unpaired) electrons. The highest BCUT2D eigenvalue weighted by Crippen LogP contribution is 2.15. The van der Waals surface area contributed by atoms with Gasteiger partial charge in [0.2, 0.25) is 0 Å². The molecular formula is C14H23ClIN3O. The summed E-state index contributed by atoms with van der Waals surface area (Å²) >= 11 is 5.80. The van der Waals surface area contributed by atoms with Crippen LogP contribution in [0.5, 0.6) is 5.75 Å². The van der Waals surface area contributed by atoms with Crippen molar-refractivity contribution in [2.24, 2.45) is 4.99 Å². The van der Waals surface area contributed by atoms with E-state index < -0.39 is 0 Å². The van der Waals surface area contributed by atoms with Crippen molar-refractivity contribution < 1.29 is 4.74 Å². The highest BCUT2D eigenvalue weighted by atomic mass is 127. The van der Waals surface area contributed by atoms with Gasteiger partial charge in [0.15, 0.2) is 5.96 Å². The monoisotopic (exact) mass is 411 g/mol. The van der Waals surface area contributed by atoms with Crippen molar-refractivity contribution in [3.63, 3.8) is 0 Å². The summed E-state index contributed by atoms with van der Waals surface area (Å²) in [6.45, 7) is 8.19. The van der Waals surface area contributed by atoms with E-state index in [9.17, 15) is 0 Å². The second-order valence-corrected chi connectivity index (χ2v) is 4.80. The zero-order valence-electron chi connectivity index (χ0n) is 12.1. The molecule has 1 aromatic rings. The number of benzene rings is 1. The number of nitrogens with zero attached hydrogens (tertiary/aromatic N) is 1. The summed E-state index contributed by atoms with van der Waals surface area (Å²) in [4.78, 5) is 4.43. The van der Waals surface area contributed by atoms with E-state index in [-0.39, 0.29) is 24.0 Å². The first-order chi connectivity index (χ1) is 9.11. The smallest absolute Gasteiger partial charge is 0.191 e. The highest BCUT2D eigenvalue weighted by molar-refractivity contribution is 14.0. The predicted octanol–water partition coefficient (Wildman–Crippen LogP) is 3.30. The first-order valence-electron chi connectivity index (χ1n) is 6.55. The van der Waals surface area contributed by atoms with Crippen LogP contribution in [0.4, 0.5) is 0 Å². The number of halogens is 2. The summed E-state index contributed by atoms with van der Waals surface area (Å²) in [6.07, 6.45) is 0. The number of rotatable bonds is 6. The van der Waals surface area contributed by atoms with Crippen molar-refractivity contribution in [2.75, 3.05) is 19.7 Å². The average molecular weight is 412 g/mol. The zero-order valence-corrected chi connectivity index (χ0v) is 15.2. The van der Waals surface area contributed by atoms with Crippen LogP contribution in [-0.2, 0) is 0 Å². The Balaban J connectivity index is 0.00000361. The highest BCUT2D eigenvalue weighted by Gasteiger charge is 1.99. The Bertz CT molecular complexity index is 396. The summed E-state index contributed by atoms with van der Waals surface area (Å²) in [6, 6.07) is 7.68. The average Bonchev–Trinajstić information content (AvgIpc) is 2.36. The van der Waals surface area contributed by atoms with Gasteiger partial charge in [0.25, 0.3) is 0 Å². The molecule has 4 nitrogen and oxygen atoms in total. The van der Waals surface area contributed by atoms with E-state index in [0.29, 0.717) is 24.2 Å². The van der Waals surface area contributed by atoms with Gasteiger partial charge in [-0.3, -0.25) is 0 Å². The van der Waals surface area contributed by atoms with Gasteiger partial charge in [-0.1, -0.05) is 11.6 Å². The quantitative estimate of drug-likeness (QED) is 0.327. The second kappa shape index (κ2) is 11.0. The van der Waals surface area contributed by atoms with E-state index in [4.69, 9.17) is 16.3 Å². The van der Waals surface area contributed by atoms with Crippen LogP contribution in [0.1, 0.15) is 20.8 Å². The third-order valence-electron chi connectivity index (χ3n) is 2.21. The molecule has 0 bridgehead atoms. The van der Waals surface area contributed by atoms with Crippen molar-refractivity contribution in [2.45, 2.75) is 26.8 Å². The zero-order chi connectivity index (χ0) is 14.1. The Morgan fingerprint density at radius 3 is 2.50 bits per heavy atom. The molecule has 0 saturated heterocycles. The van der Waals surface area contributed by atoms with E-state index in [1.54, 1.807) is 0 Å². The van der Waals surface area contributed by atoms with Crippen molar-refractivity contribution in [3.8, 4) is 5.75 Å². The van der Waals surface area contributed by atoms with Crippen LogP contribution in [0.15, 0.2) is 29.3 Å². The lowest BCUT2D eigenvalue weighted by molar-refractivity contribution is 0.328. The Kier molecular flexibility index (Phi) is 10.6. The Morgan fingerprint density at radius 2 is 1.95 bits per heavy atom. The summed E-state index contributed by atoms with van der Waals surface area (Å²) in [5.74, 6) is 1.62. The SMILES string of the molecule is CCNC(=NCCOc1ccc(Cl)cc1)NC(C)C.I. The minimum Gasteiger partial charge on any atom is -0.492 e. The lowest BCUT2D eigenvalue weighted by atomic mass is 10.3. The maximum Gasteiger partial charge on any atom is 0.191 e. The second-order valence-electron chi connectivity index (χ2n) is 4.36. The van der Waals surface area contributed by atoms with Crippen LogP contribution < -0.4 is 15.4 Å². The van der Waals surface area contributed by atoms with E-state index in [1.807, 2.05) is 31.2 Å². The van der Waals surface area contributed by atoms with Gasteiger partial charge < -0.3 is 15.4 Å². The molecule has 0 fully saturated rings. The van der Waals surface area contributed by atoms with Crippen molar-refractivity contribution >= 4 is 41.5 Å².